The molecule has 1 heterocycles. The molecule has 2 amide bonds. The smallest absolute Gasteiger partial charge is 0.251 e. The van der Waals surface area contributed by atoms with Gasteiger partial charge in [-0.3, -0.25) is 14.5 Å². The summed E-state index contributed by atoms with van der Waals surface area (Å²) >= 11 is 0. The molecule has 2 aromatic carbocycles. The lowest BCUT2D eigenvalue weighted by atomic mass is 10.0. The van der Waals surface area contributed by atoms with Crippen LogP contribution < -0.4 is 10.1 Å². The molecule has 6 nitrogen and oxygen atoms in total. The van der Waals surface area contributed by atoms with Crippen molar-refractivity contribution in [2.24, 2.45) is 5.92 Å². The number of benzene rings is 2. The molecule has 0 radical (unpaired) electrons. The maximum absolute atomic E-state index is 13.1. The minimum Gasteiger partial charge on any atom is -0.492 e. The van der Waals surface area contributed by atoms with Gasteiger partial charge < -0.3 is 15.0 Å². The highest BCUT2D eigenvalue weighted by Crippen LogP contribution is 2.13. The molecule has 1 saturated heterocycles. The first-order chi connectivity index (χ1) is 14.9. The normalized spacial score (nSPS) is 15.5. The third kappa shape index (κ3) is 6.56. The van der Waals surface area contributed by atoms with Crippen LogP contribution in [-0.4, -0.2) is 67.0 Å². The predicted octanol–water partition coefficient (Wildman–Crippen LogP) is 2.97. The predicted molar refractivity (Wildman–Crippen MR) is 122 cm³/mol. The van der Waals surface area contributed by atoms with Gasteiger partial charge in [0.2, 0.25) is 5.91 Å². The summed E-state index contributed by atoms with van der Waals surface area (Å²) in [5, 5.41) is 2.96. The second kappa shape index (κ2) is 11.0. The van der Waals surface area contributed by atoms with Crippen molar-refractivity contribution in [3.63, 3.8) is 0 Å². The second-order valence-electron chi connectivity index (χ2n) is 8.39. The number of rotatable bonds is 8. The van der Waals surface area contributed by atoms with Crippen molar-refractivity contribution in [2.45, 2.75) is 26.8 Å². The number of carbonyl (C=O) groups is 2. The van der Waals surface area contributed by atoms with Crippen molar-refractivity contribution < 1.29 is 14.3 Å². The van der Waals surface area contributed by atoms with Crippen LogP contribution >= 0.6 is 0 Å². The van der Waals surface area contributed by atoms with Gasteiger partial charge in [-0.15, -0.1) is 0 Å². The zero-order valence-corrected chi connectivity index (χ0v) is 18.7. The maximum atomic E-state index is 13.1. The summed E-state index contributed by atoms with van der Waals surface area (Å²) in [6.07, 6.45) is 0. The van der Waals surface area contributed by atoms with Gasteiger partial charge in [0, 0.05) is 38.3 Å². The third-order valence-corrected chi connectivity index (χ3v) is 5.60. The molecule has 1 aliphatic rings. The van der Waals surface area contributed by atoms with Gasteiger partial charge in [0.25, 0.3) is 5.91 Å². The summed E-state index contributed by atoms with van der Waals surface area (Å²) in [7, 11) is 0. The monoisotopic (exact) mass is 423 g/mol. The molecule has 0 saturated carbocycles. The molecule has 166 valence electrons. The quantitative estimate of drug-likeness (QED) is 0.709. The average Bonchev–Trinajstić information content (AvgIpc) is 2.78. The molecule has 3 rings (SSSR count). The number of amides is 2. The van der Waals surface area contributed by atoms with Gasteiger partial charge in [-0.25, -0.2) is 0 Å². The van der Waals surface area contributed by atoms with Crippen molar-refractivity contribution in [2.75, 3.05) is 39.3 Å². The Kier molecular flexibility index (Phi) is 8.06. The molecule has 1 N–H and O–H groups in total. The molecule has 31 heavy (non-hydrogen) atoms. The van der Waals surface area contributed by atoms with Gasteiger partial charge in [0.05, 0.1) is 0 Å². The highest BCUT2D eigenvalue weighted by Gasteiger charge is 2.30. The van der Waals surface area contributed by atoms with Gasteiger partial charge in [-0.05, 0) is 37.1 Å². The number of nitrogens with zero attached hydrogens (tertiary/aromatic N) is 2. The van der Waals surface area contributed by atoms with Crippen LogP contribution in [0, 0.1) is 12.8 Å². The van der Waals surface area contributed by atoms with E-state index >= 15 is 0 Å². The molecule has 1 fully saturated rings. The Morgan fingerprint density at radius 1 is 1.00 bits per heavy atom. The van der Waals surface area contributed by atoms with E-state index in [-0.39, 0.29) is 17.7 Å². The van der Waals surface area contributed by atoms with Gasteiger partial charge >= 0.3 is 0 Å². The first kappa shape index (κ1) is 22.8. The molecule has 0 aromatic heterocycles. The summed E-state index contributed by atoms with van der Waals surface area (Å²) in [4.78, 5) is 30.0. The Morgan fingerprint density at radius 3 is 2.35 bits per heavy atom. The molecule has 2 aromatic rings. The van der Waals surface area contributed by atoms with Crippen molar-refractivity contribution in [3.05, 3.63) is 65.7 Å². The molecule has 1 unspecified atom stereocenters. The second-order valence-corrected chi connectivity index (χ2v) is 8.39. The lowest BCUT2D eigenvalue weighted by Gasteiger charge is -2.37. The summed E-state index contributed by atoms with van der Waals surface area (Å²) in [5.74, 6) is 0.683. The number of hydrogen-bond donors (Lipinski definition) is 1. The number of ether oxygens (including phenoxy) is 1. The summed E-state index contributed by atoms with van der Waals surface area (Å²) in [6.45, 7) is 10.3. The van der Waals surface area contributed by atoms with Crippen molar-refractivity contribution in [1.82, 2.24) is 15.1 Å². The lowest BCUT2D eigenvalue weighted by Crippen LogP contribution is -2.56. The van der Waals surface area contributed by atoms with E-state index in [0.29, 0.717) is 25.3 Å². The number of piperazine rings is 1. The van der Waals surface area contributed by atoms with Crippen LogP contribution in [0.25, 0.3) is 0 Å². The van der Waals surface area contributed by atoms with Crippen LogP contribution in [0.2, 0.25) is 0 Å². The van der Waals surface area contributed by atoms with E-state index in [1.54, 1.807) is 6.07 Å². The molecule has 0 bridgehead atoms. The lowest BCUT2D eigenvalue weighted by molar-refractivity contribution is -0.136. The van der Waals surface area contributed by atoms with E-state index in [4.69, 9.17) is 4.74 Å². The minimum absolute atomic E-state index is 0.00353. The van der Waals surface area contributed by atoms with Crippen LogP contribution in [0.15, 0.2) is 54.6 Å². The Hall–Kier alpha value is -2.86. The highest BCUT2D eigenvalue weighted by atomic mass is 16.5. The van der Waals surface area contributed by atoms with Crippen LogP contribution in [0.5, 0.6) is 5.75 Å². The largest absolute Gasteiger partial charge is 0.492 e. The summed E-state index contributed by atoms with van der Waals surface area (Å²) in [5.41, 5.74) is 1.61. The fourth-order valence-corrected chi connectivity index (χ4v) is 3.72. The number of aryl methyl sites for hydroxylation is 1. The van der Waals surface area contributed by atoms with E-state index in [1.807, 2.05) is 74.2 Å². The van der Waals surface area contributed by atoms with E-state index in [2.05, 4.69) is 10.2 Å². The number of nitrogens with one attached hydrogen (secondary N) is 1. The molecule has 0 aliphatic carbocycles. The van der Waals surface area contributed by atoms with Crippen molar-refractivity contribution in [3.8, 4) is 5.75 Å². The van der Waals surface area contributed by atoms with Crippen LogP contribution in [-0.2, 0) is 4.79 Å². The fraction of sp³-hybridized carbons (Fsp3) is 0.440. The average molecular weight is 424 g/mol. The molecular formula is C25H33N3O3. The van der Waals surface area contributed by atoms with Crippen LogP contribution in [0.3, 0.4) is 0 Å². The Labute approximate surface area is 185 Å². The molecule has 0 spiro atoms. The van der Waals surface area contributed by atoms with Crippen LogP contribution in [0.1, 0.15) is 29.8 Å². The van der Waals surface area contributed by atoms with Crippen LogP contribution in [0.4, 0.5) is 0 Å². The van der Waals surface area contributed by atoms with Gasteiger partial charge in [0.15, 0.2) is 0 Å². The van der Waals surface area contributed by atoms with E-state index in [9.17, 15) is 9.59 Å². The Bertz CT molecular complexity index is 861. The number of carbonyl (C=O) groups excluding carboxylic acids is 2. The fourth-order valence-electron chi connectivity index (χ4n) is 3.72. The molecular weight excluding hydrogens is 390 g/mol. The van der Waals surface area contributed by atoms with E-state index in [0.717, 1.165) is 30.9 Å². The molecule has 1 aliphatic heterocycles. The van der Waals surface area contributed by atoms with E-state index < -0.39 is 6.04 Å². The third-order valence-electron chi connectivity index (χ3n) is 5.60. The SMILES string of the molecule is Cc1cccc(C(=O)NC(C(=O)N2CCN(CCOc3ccccc3)CC2)C(C)C)c1. The zero-order valence-electron chi connectivity index (χ0n) is 18.7. The molecule has 6 heteroatoms. The first-order valence-electron chi connectivity index (χ1n) is 11.0. The van der Waals surface area contributed by atoms with E-state index in [1.165, 1.54) is 0 Å². The molecule has 1 atom stereocenters. The Balaban J connectivity index is 1.48. The minimum atomic E-state index is -0.527. The Morgan fingerprint density at radius 2 is 1.71 bits per heavy atom. The zero-order chi connectivity index (χ0) is 22.2. The first-order valence-corrected chi connectivity index (χ1v) is 11.0. The van der Waals surface area contributed by atoms with Gasteiger partial charge in [0.1, 0.15) is 18.4 Å². The van der Waals surface area contributed by atoms with Crippen molar-refractivity contribution >= 4 is 11.8 Å². The number of hydrogen-bond acceptors (Lipinski definition) is 4. The number of para-hydroxylation sites is 1. The summed E-state index contributed by atoms with van der Waals surface area (Å²) < 4.78 is 5.78. The van der Waals surface area contributed by atoms with Crippen molar-refractivity contribution in [1.29, 1.82) is 0 Å². The highest BCUT2D eigenvalue weighted by molar-refractivity contribution is 5.97. The van der Waals surface area contributed by atoms with Gasteiger partial charge in [-0.1, -0.05) is 49.7 Å². The standard InChI is InChI=1S/C25H33N3O3/c1-19(2)23(26-24(29)21-9-7-8-20(3)18-21)25(30)28-14-12-27(13-15-28)16-17-31-22-10-5-4-6-11-22/h4-11,18-19,23H,12-17H2,1-3H3,(H,26,29). The summed E-state index contributed by atoms with van der Waals surface area (Å²) in [6, 6.07) is 16.7. The topological polar surface area (TPSA) is 61.9 Å². The van der Waals surface area contributed by atoms with Gasteiger partial charge in [-0.2, -0.15) is 0 Å². The maximum Gasteiger partial charge on any atom is 0.251 e.